The van der Waals surface area contributed by atoms with Crippen LogP contribution in [0.25, 0.3) is 0 Å². The number of carbonyl (C=O) groups is 2. The molecule has 0 bridgehead atoms. The van der Waals surface area contributed by atoms with Crippen LogP contribution >= 0.6 is 15.9 Å². The van der Waals surface area contributed by atoms with E-state index in [9.17, 15) is 9.59 Å². The van der Waals surface area contributed by atoms with Gasteiger partial charge >= 0.3 is 6.03 Å². The van der Waals surface area contributed by atoms with Crippen LogP contribution in [-0.2, 0) is 14.3 Å². The van der Waals surface area contributed by atoms with Crippen LogP contribution in [0.3, 0.4) is 0 Å². The van der Waals surface area contributed by atoms with E-state index in [0.29, 0.717) is 31.4 Å². The third-order valence-electron chi connectivity index (χ3n) is 4.60. The number of ether oxygens (including phenoxy) is 2. The Morgan fingerprint density at radius 3 is 2.92 bits per heavy atom. The Morgan fingerprint density at radius 1 is 1.38 bits per heavy atom. The summed E-state index contributed by atoms with van der Waals surface area (Å²) < 4.78 is 11.2. The molecule has 0 aromatic carbocycles. The first-order valence-corrected chi connectivity index (χ1v) is 9.07. The van der Waals surface area contributed by atoms with Gasteiger partial charge in [-0.1, -0.05) is 40.8 Å². The molecular weight excluding hydrogens is 376 g/mol. The Balaban J connectivity index is 1.83. The summed E-state index contributed by atoms with van der Waals surface area (Å²) in [7, 11) is 0. The summed E-state index contributed by atoms with van der Waals surface area (Å²) in [5.41, 5.74) is -0.955. The fourth-order valence-corrected chi connectivity index (χ4v) is 3.50. The zero-order chi connectivity index (χ0) is 17.2. The lowest BCUT2D eigenvalue weighted by molar-refractivity contribution is -0.132. The number of nitrogens with zero attached hydrogens (tertiary/aromatic N) is 1. The molecule has 2 unspecified atom stereocenters. The maximum Gasteiger partial charge on any atom is 0.325 e. The Hall–Kier alpha value is -1.94. The molecule has 3 amide bonds. The standard InChI is InChI=1S/C17H19BrN2O4/c1-2-17(12-5-6-13-14(11-12)24-10-9-23-13)15(21)20(16(22)19-17)8-4-3-7-18/h5-6,12H,2,7-11H2,1H3,(H,19,22). The highest BCUT2D eigenvalue weighted by atomic mass is 79.9. The molecule has 0 radical (unpaired) electrons. The highest BCUT2D eigenvalue weighted by Crippen LogP contribution is 2.38. The largest absolute Gasteiger partial charge is 0.490 e. The number of alkyl halides is 1. The topological polar surface area (TPSA) is 67.9 Å². The molecule has 3 aliphatic rings. The molecule has 6 nitrogen and oxygen atoms in total. The molecule has 0 aromatic heterocycles. The van der Waals surface area contributed by atoms with Crippen molar-refractivity contribution in [3.63, 3.8) is 0 Å². The van der Waals surface area contributed by atoms with Crippen molar-refractivity contribution in [1.82, 2.24) is 10.2 Å². The van der Waals surface area contributed by atoms with Crippen LogP contribution in [0.15, 0.2) is 23.7 Å². The molecule has 1 saturated heterocycles. The highest BCUT2D eigenvalue weighted by molar-refractivity contribution is 9.09. The van der Waals surface area contributed by atoms with Gasteiger partial charge in [0.25, 0.3) is 5.91 Å². The van der Waals surface area contributed by atoms with Gasteiger partial charge in [-0.3, -0.25) is 9.69 Å². The summed E-state index contributed by atoms with van der Waals surface area (Å²) in [6.07, 6.45) is 4.81. The van der Waals surface area contributed by atoms with Gasteiger partial charge in [0.15, 0.2) is 5.76 Å². The van der Waals surface area contributed by atoms with Crippen LogP contribution in [0.2, 0.25) is 0 Å². The fraction of sp³-hybridized carbons (Fsp3) is 0.529. The first-order valence-electron chi connectivity index (χ1n) is 7.95. The van der Waals surface area contributed by atoms with E-state index < -0.39 is 5.54 Å². The number of nitrogens with one attached hydrogen (secondary N) is 1. The molecule has 0 saturated carbocycles. The number of hydrogen-bond donors (Lipinski definition) is 1. The average Bonchev–Trinajstić information content (AvgIpc) is 2.86. The molecule has 2 atom stereocenters. The summed E-state index contributed by atoms with van der Waals surface area (Å²) in [6, 6.07) is -0.389. The van der Waals surface area contributed by atoms with E-state index in [2.05, 4.69) is 33.1 Å². The summed E-state index contributed by atoms with van der Waals surface area (Å²) in [4.78, 5) is 26.5. The third-order valence-corrected chi connectivity index (χ3v) is 4.88. The zero-order valence-electron chi connectivity index (χ0n) is 13.4. The monoisotopic (exact) mass is 394 g/mol. The van der Waals surface area contributed by atoms with E-state index in [-0.39, 0.29) is 24.4 Å². The van der Waals surface area contributed by atoms with Crippen molar-refractivity contribution in [3.8, 4) is 11.8 Å². The van der Waals surface area contributed by atoms with Gasteiger partial charge in [-0.05, 0) is 12.5 Å². The minimum absolute atomic E-state index is 0.0992. The van der Waals surface area contributed by atoms with E-state index in [1.54, 1.807) is 0 Å². The molecule has 128 valence electrons. The van der Waals surface area contributed by atoms with Gasteiger partial charge in [0, 0.05) is 12.3 Å². The van der Waals surface area contributed by atoms with Crippen LogP contribution < -0.4 is 5.32 Å². The first kappa shape index (κ1) is 16.9. The van der Waals surface area contributed by atoms with Gasteiger partial charge in [-0.2, -0.15) is 0 Å². The second kappa shape index (κ2) is 6.89. The van der Waals surface area contributed by atoms with Gasteiger partial charge < -0.3 is 14.8 Å². The highest BCUT2D eigenvalue weighted by Gasteiger charge is 2.54. The maximum atomic E-state index is 13.0. The molecule has 1 aliphatic carbocycles. The van der Waals surface area contributed by atoms with Gasteiger partial charge in [-0.15, -0.1) is 0 Å². The van der Waals surface area contributed by atoms with Crippen LogP contribution in [0, 0.1) is 17.8 Å². The minimum atomic E-state index is -0.955. The van der Waals surface area contributed by atoms with Crippen molar-refractivity contribution in [2.45, 2.75) is 25.3 Å². The normalized spacial score (nSPS) is 28.6. The minimum Gasteiger partial charge on any atom is -0.490 e. The lowest BCUT2D eigenvalue weighted by atomic mass is 9.77. The van der Waals surface area contributed by atoms with Crippen molar-refractivity contribution < 1.29 is 19.1 Å². The number of hydrogen-bond acceptors (Lipinski definition) is 4. The van der Waals surface area contributed by atoms with Crippen LogP contribution in [0.1, 0.15) is 19.8 Å². The fourth-order valence-electron chi connectivity index (χ4n) is 3.30. The smallest absolute Gasteiger partial charge is 0.325 e. The van der Waals surface area contributed by atoms with E-state index in [1.165, 1.54) is 4.90 Å². The van der Waals surface area contributed by atoms with Gasteiger partial charge in [0.2, 0.25) is 0 Å². The molecular formula is C17H19BrN2O4. The molecule has 7 heteroatoms. The number of urea groups is 1. The first-order chi connectivity index (χ1) is 11.6. The summed E-state index contributed by atoms with van der Waals surface area (Å²) in [6.45, 7) is 3.04. The Kier molecular flexibility index (Phi) is 4.86. The SMILES string of the molecule is CCC1(C2C=CC3=C(C2)OCCO3)NC(=O)N(CC#CCBr)C1=O. The van der Waals surface area contributed by atoms with Crippen molar-refractivity contribution in [3.05, 3.63) is 23.7 Å². The molecule has 3 rings (SSSR count). The van der Waals surface area contributed by atoms with E-state index in [0.717, 1.165) is 11.5 Å². The lowest BCUT2D eigenvalue weighted by Gasteiger charge is -2.36. The zero-order valence-corrected chi connectivity index (χ0v) is 15.0. The Morgan fingerprint density at radius 2 is 2.17 bits per heavy atom. The Bertz CT molecular complexity index is 676. The average molecular weight is 395 g/mol. The van der Waals surface area contributed by atoms with Gasteiger partial charge in [0.05, 0.1) is 11.9 Å². The van der Waals surface area contributed by atoms with Crippen LogP contribution in [0.5, 0.6) is 0 Å². The molecule has 0 aromatic rings. The second-order valence-electron chi connectivity index (χ2n) is 5.79. The maximum absolute atomic E-state index is 13.0. The van der Waals surface area contributed by atoms with Crippen LogP contribution in [-0.4, -0.2) is 47.5 Å². The van der Waals surface area contributed by atoms with Crippen molar-refractivity contribution in [1.29, 1.82) is 0 Å². The number of rotatable bonds is 3. The van der Waals surface area contributed by atoms with E-state index in [4.69, 9.17) is 9.47 Å². The van der Waals surface area contributed by atoms with E-state index >= 15 is 0 Å². The Labute approximate surface area is 149 Å². The molecule has 2 aliphatic heterocycles. The van der Waals surface area contributed by atoms with Crippen LogP contribution in [0.4, 0.5) is 4.79 Å². The number of allylic oxidation sites excluding steroid dienone is 2. The van der Waals surface area contributed by atoms with Gasteiger partial charge in [-0.25, -0.2) is 4.79 Å². The summed E-state index contributed by atoms with van der Waals surface area (Å²) in [5, 5.41) is 3.41. The summed E-state index contributed by atoms with van der Waals surface area (Å²) in [5.74, 6) is 6.71. The van der Waals surface area contributed by atoms with Crippen molar-refractivity contribution in [2.75, 3.05) is 25.1 Å². The number of amides is 3. The third kappa shape index (κ3) is 2.80. The second-order valence-corrected chi connectivity index (χ2v) is 6.35. The van der Waals surface area contributed by atoms with E-state index in [1.807, 2.05) is 19.1 Å². The molecule has 2 heterocycles. The number of imide groups is 1. The predicted octanol–water partition coefficient (Wildman–Crippen LogP) is 1.92. The number of carbonyl (C=O) groups excluding carboxylic acids is 2. The number of halogens is 1. The van der Waals surface area contributed by atoms with Crippen molar-refractivity contribution in [2.24, 2.45) is 5.92 Å². The van der Waals surface area contributed by atoms with Crippen molar-refractivity contribution >= 4 is 27.9 Å². The van der Waals surface area contributed by atoms with Gasteiger partial charge in [0.1, 0.15) is 24.5 Å². The quantitative estimate of drug-likeness (QED) is 0.451. The lowest BCUT2D eigenvalue weighted by Crippen LogP contribution is -2.53. The molecule has 0 spiro atoms. The molecule has 1 N–H and O–H groups in total. The predicted molar refractivity (Wildman–Crippen MR) is 91.0 cm³/mol. The summed E-state index contributed by atoms with van der Waals surface area (Å²) >= 11 is 3.20. The molecule has 1 fully saturated rings. The molecule has 24 heavy (non-hydrogen) atoms.